The fourth-order valence-corrected chi connectivity index (χ4v) is 2.55. The van der Waals surface area contributed by atoms with E-state index in [-0.39, 0.29) is 17.2 Å². The molecule has 2 heterocycles. The summed E-state index contributed by atoms with van der Waals surface area (Å²) in [4.78, 5) is 29.5. The van der Waals surface area contributed by atoms with Gasteiger partial charge >= 0.3 is 0 Å². The number of hydrogen-bond acceptors (Lipinski definition) is 4. The minimum atomic E-state index is -0.363. The Morgan fingerprint density at radius 1 is 1.16 bits per heavy atom. The number of rotatable bonds is 4. The van der Waals surface area contributed by atoms with Gasteiger partial charge in [-0.15, -0.1) is 0 Å². The first-order valence-corrected chi connectivity index (χ1v) is 8.03. The lowest BCUT2D eigenvalue weighted by Crippen LogP contribution is -2.25. The Bertz CT molecular complexity index is 991. The molecule has 0 atom stereocenters. The number of carbonyl (C=O) groups is 1. The molecule has 0 saturated heterocycles. The number of anilines is 1. The van der Waals surface area contributed by atoms with Crippen LogP contribution in [-0.2, 0) is 0 Å². The molecule has 6 nitrogen and oxygen atoms in total. The summed E-state index contributed by atoms with van der Waals surface area (Å²) in [5.41, 5.74) is 2.29. The second-order valence-electron chi connectivity index (χ2n) is 5.72. The van der Waals surface area contributed by atoms with Gasteiger partial charge in [-0.3, -0.25) is 14.0 Å². The van der Waals surface area contributed by atoms with Crippen LogP contribution in [0.15, 0.2) is 47.4 Å². The monoisotopic (exact) mass is 337 g/mol. The molecule has 3 aromatic rings. The number of nitrogens with zero attached hydrogens (tertiary/aromatic N) is 2. The molecule has 128 valence electrons. The number of aryl methyl sites for hydroxylation is 2. The Morgan fingerprint density at radius 2 is 1.88 bits per heavy atom. The van der Waals surface area contributed by atoms with Crippen LogP contribution in [0.1, 0.15) is 28.5 Å². The predicted molar refractivity (Wildman–Crippen MR) is 96.5 cm³/mol. The highest BCUT2D eigenvalue weighted by molar-refractivity contribution is 6.04. The van der Waals surface area contributed by atoms with Gasteiger partial charge in [0.1, 0.15) is 17.1 Å². The number of ether oxygens (including phenoxy) is 1. The van der Waals surface area contributed by atoms with Crippen molar-refractivity contribution in [1.29, 1.82) is 0 Å². The minimum absolute atomic E-state index is 0.182. The number of aromatic nitrogens is 2. The molecule has 0 aliphatic rings. The molecule has 0 aliphatic heterocycles. The molecule has 3 rings (SSSR count). The van der Waals surface area contributed by atoms with E-state index < -0.39 is 0 Å². The lowest BCUT2D eigenvalue weighted by Gasteiger charge is -2.10. The van der Waals surface area contributed by atoms with Crippen molar-refractivity contribution >= 4 is 17.2 Å². The molecule has 6 heteroatoms. The van der Waals surface area contributed by atoms with E-state index in [0.29, 0.717) is 29.3 Å². The van der Waals surface area contributed by atoms with Gasteiger partial charge in [-0.1, -0.05) is 6.07 Å². The number of pyridine rings is 1. The number of hydrogen-bond donors (Lipinski definition) is 1. The third-order valence-electron chi connectivity index (χ3n) is 3.82. The highest BCUT2D eigenvalue weighted by atomic mass is 16.5. The van der Waals surface area contributed by atoms with E-state index in [1.165, 1.54) is 4.40 Å². The third-order valence-corrected chi connectivity index (χ3v) is 3.82. The first kappa shape index (κ1) is 16.7. The summed E-state index contributed by atoms with van der Waals surface area (Å²) in [5, 5.41) is 2.68. The van der Waals surface area contributed by atoms with Crippen LogP contribution in [0.2, 0.25) is 0 Å². The smallest absolute Gasteiger partial charge is 0.281 e. The third kappa shape index (κ3) is 3.38. The molecule has 0 aliphatic carbocycles. The zero-order valence-corrected chi connectivity index (χ0v) is 14.4. The largest absolute Gasteiger partial charge is 0.494 e. The molecular weight excluding hydrogens is 318 g/mol. The summed E-state index contributed by atoms with van der Waals surface area (Å²) in [6, 6.07) is 10.4. The van der Waals surface area contributed by atoms with Crippen molar-refractivity contribution in [2.75, 3.05) is 11.9 Å². The normalized spacial score (nSPS) is 10.7. The Labute approximate surface area is 145 Å². The van der Waals surface area contributed by atoms with Gasteiger partial charge in [0.15, 0.2) is 0 Å². The highest BCUT2D eigenvalue weighted by Gasteiger charge is 2.14. The molecular formula is C19H19N3O3. The summed E-state index contributed by atoms with van der Waals surface area (Å²) in [7, 11) is 0. The number of fused-ring (bicyclic) bond motifs is 1. The zero-order valence-electron chi connectivity index (χ0n) is 14.4. The first-order valence-electron chi connectivity index (χ1n) is 8.03. The maximum Gasteiger partial charge on any atom is 0.281 e. The average Bonchev–Trinajstić information content (AvgIpc) is 2.60. The lowest BCUT2D eigenvalue weighted by atomic mass is 10.2. The number of nitrogens with one attached hydrogen (secondary N) is 1. The summed E-state index contributed by atoms with van der Waals surface area (Å²) in [6.45, 7) is 6.05. The molecule has 1 amide bonds. The van der Waals surface area contributed by atoms with Gasteiger partial charge in [-0.2, -0.15) is 0 Å². The van der Waals surface area contributed by atoms with Gasteiger partial charge < -0.3 is 10.1 Å². The fraction of sp³-hybridized carbons (Fsp3) is 0.211. The molecule has 0 spiro atoms. The van der Waals surface area contributed by atoms with Gasteiger partial charge in [0, 0.05) is 11.8 Å². The summed E-state index contributed by atoms with van der Waals surface area (Å²) < 4.78 is 6.80. The van der Waals surface area contributed by atoms with Crippen molar-refractivity contribution in [2.45, 2.75) is 20.8 Å². The van der Waals surface area contributed by atoms with E-state index >= 15 is 0 Å². The second kappa shape index (κ2) is 6.76. The molecule has 2 aromatic heterocycles. The maximum absolute atomic E-state index is 12.7. The molecule has 0 unspecified atom stereocenters. The molecule has 0 bridgehead atoms. The van der Waals surface area contributed by atoms with E-state index in [0.717, 1.165) is 5.56 Å². The van der Waals surface area contributed by atoms with Gasteiger partial charge in [-0.05, 0) is 56.7 Å². The number of benzene rings is 1. The molecule has 0 saturated carbocycles. The topological polar surface area (TPSA) is 72.7 Å². The lowest BCUT2D eigenvalue weighted by molar-refractivity contribution is 0.102. The quantitative estimate of drug-likeness (QED) is 0.794. The van der Waals surface area contributed by atoms with Crippen LogP contribution in [0.5, 0.6) is 5.75 Å². The van der Waals surface area contributed by atoms with Crippen LogP contribution in [0.25, 0.3) is 5.65 Å². The van der Waals surface area contributed by atoms with Crippen molar-refractivity contribution in [3.8, 4) is 5.75 Å². The van der Waals surface area contributed by atoms with Crippen LogP contribution >= 0.6 is 0 Å². The Balaban J connectivity index is 1.94. The van der Waals surface area contributed by atoms with Crippen molar-refractivity contribution in [3.63, 3.8) is 0 Å². The van der Waals surface area contributed by atoms with Gasteiger partial charge in [0.25, 0.3) is 11.5 Å². The Hall–Kier alpha value is -3.15. The van der Waals surface area contributed by atoms with Crippen molar-refractivity contribution < 1.29 is 9.53 Å². The van der Waals surface area contributed by atoms with Crippen LogP contribution in [0.4, 0.5) is 5.69 Å². The zero-order chi connectivity index (χ0) is 18.0. The summed E-state index contributed by atoms with van der Waals surface area (Å²) in [6.07, 6.45) is 1.71. The Kier molecular flexibility index (Phi) is 4.52. The van der Waals surface area contributed by atoms with Crippen LogP contribution in [0.3, 0.4) is 0 Å². The van der Waals surface area contributed by atoms with Crippen LogP contribution < -0.4 is 15.6 Å². The van der Waals surface area contributed by atoms with Gasteiger partial charge in [-0.25, -0.2) is 4.98 Å². The van der Waals surface area contributed by atoms with Crippen molar-refractivity contribution in [3.05, 3.63) is 69.8 Å². The van der Waals surface area contributed by atoms with Gasteiger partial charge in [0.2, 0.25) is 0 Å². The minimum Gasteiger partial charge on any atom is -0.494 e. The maximum atomic E-state index is 12.7. The number of amides is 1. The van der Waals surface area contributed by atoms with E-state index in [1.807, 2.05) is 19.9 Å². The van der Waals surface area contributed by atoms with Crippen LogP contribution in [0, 0.1) is 13.8 Å². The SMILES string of the molecule is CCOc1ccc(C(=O)Nc2c(C)nc3ccc(C)cn3c2=O)cc1. The van der Waals surface area contributed by atoms with E-state index in [4.69, 9.17) is 4.74 Å². The van der Waals surface area contributed by atoms with Gasteiger partial charge in [0.05, 0.1) is 12.3 Å². The van der Waals surface area contributed by atoms with E-state index in [1.54, 1.807) is 43.5 Å². The summed E-state index contributed by atoms with van der Waals surface area (Å²) >= 11 is 0. The molecule has 1 aromatic carbocycles. The Morgan fingerprint density at radius 3 is 2.56 bits per heavy atom. The van der Waals surface area contributed by atoms with Crippen molar-refractivity contribution in [2.24, 2.45) is 0 Å². The van der Waals surface area contributed by atoms with E-state index in [2.05, 4.69) is 10.3 Å². The van der Waals surface area contributed by atoms with Crippen LogP contribution in [-0.4, -0.2) is 21.9 Å². The first-order chi connectivity index (χ1) is 12.0. The fourth-order valence-electron chi connectivity index (χ4n) is 2.55. The molecule has 0 radical (unpaired) electrons. The van der Waals surface area contributed by atoms with E-state index in [9.17, 15) is 9.59 Å². The predicted octanol–water partition coefficient (Wildman–Crippen LogP) is 2.96. The average molecular weight is 337 g/mol. The second-order valence-corrected chi connectivity index (χ2v) is 5.72. The molecule has 25 heavy (non-hydrogen) atoms. The standard InChI is InChI=1S/C19H19N3O3/c1-4-25-15-8-6-14(7-9-15)18(23)21-17-13(3)20-16-10-5-12(2)11-22(16)19(17)24/h5-11H,4H2,1-3H3,(H,21,23). The number of carbonyl (C=O) groups excluding carboxylic acids is 1. The molecule has 0 fully saturated rings. The summed E-state index contributed by atoms with van der Waals surface area (Å²) in [5.74, 6) is 0.329. The molecule has 1 N–H and O–H groups in total. The highest BCUT2D eigenvalue weighted by Crippen LogP contribution is 2.15. The van der Waals surface area contributed by atoms with Crippen molar-refractivity contribution in [1.82, 2.24) is 9.38 Å².